The van der Waals surface area contributed by atoms with Gasteiger partial charge < -0.3 is 20.5 Å². The summed E-state index contributed by atoms with van der Waals surface area (Å²) in [5, 5.41) is 2.77. The third-order valence-electron chi connectivity index (χ3n) is 2.96. The van der Waals surface area contributed by atoms with Gasteiger partial charge in [-0.05, 0) is 36.4 Å². The quantitative estimate of drug-likeness (QED) is 0.716. The topological polar surface area (TPSA) is 90.7 Å². The Morgan fingerprint density at radius 3 is 2.42 bits per heavy atom. The van der Waals surface area contributed by atoms with Gasteiger partial charge in [-0.3, -0.25) is 9.59 Å². The lowest BCUT2D eigenvalue weighted by Gasteiger charge is -2.11. The molecule has 0 aliphatic rings. The lowest BCUT2D eigenvalue weighted by molar-refractivity contribution is -0.118. The second kappa shape index (κ2) is 8.83. The van der Waals surface area contributed by atoms with Gasteiger partial charge in [0, 0.05) is 4.90 Å². The predicted octanol–water partition coefficient (Wildman–Crippen LogP) is 2.29. The van der Waals surface area contributed by atoms with E-state index in [0.717, 1.165) is 4.90 Å². The molecule has 6 nitrogen and oxygen atoms in total. The fraction of sp³-hybridized carbons (Fsp3) is 0.176. The van der Waals surface area contributed by atoms with E-state index in [-0.39, 0.29) is 18.3 Å². The molecule has 2 amide bonds. The van der Waals surface area contributed by atoms with Crippen LogP contribution in [-0.4, -0.2) is 31.3 Å². The molecule has 7 heteroatoms. The number of carbonyl (C=O) groups excluding carboxylic acids is 2. The van der Waals surface area contributed by atoms with Crippen molar-refractivity contribution in [1.82, 2.24) is 0 Å². The molecule has 126 valence electrons. The van der Waals surface area contributed by atoms with Crippen molar-refractivity contribution in [3.63, 3.8) is 0 Å². The number of nitrogens with two attached hydrogens (primary N) is 1. The lowest BCUT2D eigenvalue weighted by Crippen LogP contribution is -2.20. The fourth-order valence-corrected chi connectivity index (χ4v) is 2.60. The van der Waals surface area contributed by atoms with Crippen LogP contribution in [0.5, 0.6) is 11.5 Å². The van der Waals surface area contributed by atoms with Crippen LogP contribution in [0.25, 0.3) is 0 Å². The fourth-order valence-electron chi connectivity index (χ4n) is 1.85. The molecule has 0 saturated heterocycles. The first kappa shape index (κ1) is 17.7. The van der Waals surface area contributed by atoms with Crippen LogP contribution >= 0.6 is 11.8 Å². The Bertz CT molecular complexity index is 704. The molecule has 3 N–H and O–H groups in total. The number of ether oxygens (including phenoxy) is 2. The Morgan fingerprint density at radius 2 is 1.75 bits per heavy atom. The maximum Gasteiger partial charge on any atom is 0.262 e. The zero-order valence-corrected chi connectivity index (χ0v) is 14.0. The molecule has 0 bridgehead atoms. The summed E-state index contributed by atoms with van der Waals surface area (Å²) in [5.74, 6) is 0.728. The highest BCUT2D eigenvalue weighted by Crippen LogP contribution is 2.26. The summed E-state index contributed by atoms with van der Waals surface area (Å²) in [6.07, 6.45) is 0. The molecular formula is C17H18N2O4S. The summed E-state index contributed by atoms with van der Waals surface area (Å²) >= 11 is 1.27. The summed E-state index contributed by atoms with van der Waals surface area (Å²) in [5.41, 5.74) is 5.77. The molecule has 0 saturated carbocycles. The van der Waals surface area contributed by atoms with Gasteiger partial charge >= 0.3 is 0 Å². The highest BCUT2D eigenvalue weighted by Gasteiger charge is 2.09. The molecule has 0 unspecified atom stereocenters. The van der Waals surface area contributed by atoms with Gasteiger partial charge in [-0.25, -0.2) is 0 Å². The molecule has 0 aliphatic heterocycles. The van der Waals surface area contributed by atoms with Crippen LogP contribution in [-0.2, 0) is 9.59 Å². The van der Waals surface area contributed by atoms with Gasteiger partial charge in [-0.15, -0.1) is 11.8 Å². The average Bonchev–Trinajstić information content (AvgIpc) is 2.59. The van der Waals surface area contributed by atoms with Gasteiger partial charge in [0.15, 0.2) is 6.61 Å². The van der Waals surface area contributed by atoms with E-state index in [2.05, 4.69) is 5.32 Å². The smallest absolute Gasteiger partial charge is 0.262 e. The Morgan fingerprint density at radius 1 is 1.08 bits per heavy atom. The van der Waals surface area contributed by atoms with E-state index >= 15 is 0 Å². The first-order chi connectivity index (χ1) is 11.6. The molecule has 24 heavy (non-hydrogen) atoms. The van der Waals surface area contributed by atoms with Gasteiger partial charge in [0.1, 0.15) is 11.5 Å². The first-order valence-electron chi connectivity index (χ1n) is 7.15. The zero-order chi connectivity index (χ0) is 17.4. The zero-order valence-electron chi connectivity index (χ0n) is 13.2. The third-order valence-corrected chi connectivity index (χ3v) is 4.06. The van der Waals surface area contributed by atoms with Crippen molar-refractivity contribution < 1.29 is 19.1 Å². The minimum Gasteiger partial charge on any atom is -0.497 e. The Balaban J connectivity index is 1.90. The molecule has 2 rings (SSSR count). The van der Waals surface area contributed by atoms with Crippen molar-refractivity contribution in [3.05, 3.63) is 48.5 Å². The standard InChI is InChI=1S/C17H18N2O4S/c1-22-12-6-8-13(9-7-12)23-10-17(21)19-14-4-2-3-5-15(14)24-11-16(18)20/h2-9H,10-11H2,1H3,(H2,18,20)(H,19,21). The molecule has 2 aromatic carbocycles. The number of carbonyl (C=O) groups is 2. The number of anilines is 1. The van der Waals surface area contributed by atoms with Crippen LogP contribution in [0.15, 0.2) is 53.4 Å². The maximum absolute atomic E-state index is 12.0. The molecule has 0 heterocycles. The summed E-state index contributed by atoms with van der Waals surface area (Å²) in [7, 11) is 1.58. The minimum atomic E-state index is -0.413. The molecule has 0 aliphatic carbocycles. The second-order valence-electron chi connectivity index (χ2n) is 4.76. The van der Waals surface area contributed by atoms with Crippen molar-refractivity contribution in [2.45, 2.75) is 4.90 Å². The molecule has 0 fully saturated rings. The highest BCUT2D eigenvalue weighted by molar-refractivity contribution is 8.00. The van der Waals surface area contributed by atoms with E-state index < -0.39 is 5.91 Å². The molecule has 0 spiro atoms. The van der Waals surface area contributed by atoms with Crippen molar-refractivity contribution in [2.75, 3.05) is 24.8 Å². The van der Waals surface area contributed by atoms with Crippen LogP contribution < -0.4 is 20.5 Å². The summed E-state index contributed by atoms with van der Waals surface area (Å²) < 4.78 is 10.5. The van der Waals surface area contributed by atoms with Gasteiger partial charge in [0.05, 0.1) is 18.6 Å². The highest BCUT2D eigenvalue weighted by atomic mass is 32.2. The average molecular weight is 346 g/mol. The number of thioether (sulfide) groups is 1. The first-order valence-corrected chi connectivity index (χ1v) is 8.14. The van der Waals surface area contributed by atoms with Gasteiger partial charge in [0.2, 0.25) is 5.91 Å². The van der Waals surface area contributed by atoms with E-state index in [4.69, 9.17) is 15.2 Å². The normalized spacial score (nSPS) is 10.0. The van der Waals surface area contributed by atoms with Crippen molar-refractivity contribution in [3.8, 4) is 11.5 Å². The number of para-hydroxylation sites is 1. The molecule has 0 aromatic heterocycles. The van der Waals surface area contributed by atoms with Crippen LogP contribution in [0.3, 0.4) is 0 Å². The van der Waals surface area contributed by atoms with Gasteiger partial charge in [0.25, 0.3) is 5.91 Å². The summed E-state index contributed by atoms with van der Waals surface area (Å²) in [6.45, 7) is -0.124. The van der Waals surface area contributed by atoms with Crippen LogP contribution in [0.2, 0.25) is 0 Å². The number of benzene rings is 2. The van der Waals surface area contributed by atoms with Crippen LogP contribution in [0.1, 0.15) is 0 Å². The number of rotatable bonds is 8. The van der Waals surface area contributed by atoms with E-state index in [1.54, 1.807) is 43.5 Å². The number of hydrogen-bond donors (Lipinski definition) is 2. The maximum atomic E-state index is 12.0. The van der Waals surface area contributed by atoms with E-state index in [0.29, 0.717) is 17.2 Å². The third kappa shape index (κ3) is 5.51. The number of methoxy groups -OCH3 is 1. The number of primary amides is 1. The monoisotopic (exact) mass is 346 g/mol. The van der Waals surface area contributed by atoms with Gasteiger partial charge in [-0.2, -0.15) is 0 Å². The van der Waals surface area contributed by atoms with Crippen molar-refractivity contribution in [2.24, 2.45) is 5.73 Å². The number of hydrogen-bond acceptors (Lipinski definition) is 5. The largest absolute Gasteiger partial charge is 0.497 e. The van der Waals surface area contributed by atoms with Gasteiger partial charge in [-0.1, -0.05) is 12.1 Å². The van der Waals surface area contributed by atoms with Crippen molar-refractivity contribution in [1.29, 1.82) is 0 Å². The lowest BCUT2D eigenvalue weighted by atomic mass is 10.3. The SMILES string of the molecule is COc1ccc(OCC(=O)Nc2ccccc2SCC(N)=O)cc1. The molecule has 0 radical (unpaired) electrons. The number of amides is 2. The summed E-state index contributed by atoms with van der Waals surface area (Å²) in [4.78, 5) is 23.7. The molecular weight excluding hydrogens is 328 g/mol. The van der Waals surface area contributed by atoms with E-state index in [1.807, 2.05) is 12.1 Å². The van der Waals surface area contributed by atoms with Crippen LogP contribution in [0.4, 0.5) is 5.69 Å². The van der Waals surface area contributed by atoms with Crippen molar-refractivity contribution >= 4 is 29.3 Å². The van der Waals surface area contributed by atoms with Crippen LogP contribution in [0, 0.1) is 0 Å². The second-order valence-corrected chi connectivity index (χ2v) is 5.78. The molecule has 0 atom stereocenters. The molecule has 2 aromatic rings. The Hall–Kier alpha value is -2.67. The Kier molecular flexibility index (Phi) is 6.51. The predicted molar refractivity (Wildman–Crippen MR) is 93.5 cm³/mol. The Labute approximate surface area is 144 Å². The summed E-state index contributed by atoms with van der Waals surface area (Å²) in [6, 6.07) is 14.2. The minimum absolute atomic E-state index is 0.124. The van der Waals surface area contributed by atoms with E-state index in [9.17, 15) is 9.59 Å². The number of nitrogens with one attached hydrogen (secondary N) is 1. The van der Waals surface area contributed by atoms with E-state index in [1.165, 1.54) is 11.8 Å².